The van der Waals surface area contributed by atoms with Gasteiger partial charge in [-0.05, 0) is 28.5 Å². The highest BCUT2D eigenvalue weighted by Gasteiger charge is 2.15. The van der Waals surface area contributed by atoms with Crippen molar-refractivity contribution in [3.8, 4) is 5.75 Å². The van der Waals surface area contributed by atoms with Crippen molar-refractivity contribution in [1.82, 2.24) is 0 Å². The molecule has 1 aromatic rings. The lowest BCUT2D eigenvalue weighted by Gasteiger charge is -2.04. The summed E-state index contributed by atoms with van der Waals surface area (Å²) < 4.78 is 4.86. The van der Waals surface area contributed by atoms with Crippen molar-refractivity contribution in [2.45, 2.75) is 0 Å². The molecule has 0 N–H and O–H groups in total. The lowest BCUT2D eigenvalue weighted by atomic mass is 10.3. The Hall–Kier alpha value is -0.570. The predicted octanol–water partition coefficient (Wildman–Crippen LogP) is 3.68. The summed E-state index contributed by atoms with van der Waals surface area (Å²) in [4.78, 5) is 9.90. The van der Waals surface area contributed by atoms with E-state index in [1.54, 1.807) is 6.07 Å². The monoisotopic (exact) mass is 239 g/mol. The molecule has 0 radical (unpaired) electrons. The van der Waals surface area contributed by atoms with Crippen LogP contribution in [0.15, 0.2) is 24.3 Å². The summed E-state index contributed by atoms with van der Waals surface area (Å²) in [6.45, 7) is -1.68. The van der Waals surface area contributed by atoms with Crippen LogP contribution in [0.4, 0.5) is 5.69 Å². The summed E-state index contributed by atoms with van der Waals surface area (Å²) in [5.41, 5.74) is -0.142. The van der Waals surface area contributed by atoms with Crippen LogP contribution < -0.4 is 4.52 Å². The van der Waals surface area contributed by atoms with Crippen LogP contribution in [-0.2, 0) is 0 Å². The maximum atomic E-state index is 10.4. The summed E-state index contributed by atoms with van der Waals surface area (Å²) in [7, 11) is 0. The van der Waals surface area contributed by atoms with Crippen molar-refractivity contribution < 1.29 is 9.45 Å². The Balaban J connectivity index is 2.98. The zero-order valence-corrected chi connectivity index (χ0v) is 8.59. The molecule has 70 valence electrons. The third-order valence-electron chi connectivity index (χ3n) is 1.23. The molecule has 0 saturated carbocycles. The molecule has 0 aromatic heterocycles. The topological polar surface area (TPSA) is 52.4 Å². The molecule has 0 aliphatic heterocycles. The van der Waals surface area contributed by atoms with Gasteiger partial charge in [-0.25, -0.2) is 0 Å². The molecule has 1 rings (SSSR count). The van der Waals surface area contributed by atoms with Crippen molar-refractivity contribution in [1.29, 1.82) is 0 Å². The number of benzene rings is 1. The minimum atomic E-state index is -1.68. The minimum Gasteiger partial charge on any atom is -0.437 e. The van der Waals surface area contributed by atoms with Crippen molar-refractivity contribution in [2.75, 3.05) is 0 Å². The predicted molar refractivity (Wildman–Crippen MR) is 52.4 cm³/mol. The molecule has 0 amide bonds. The standard InChI is InChI=1S/C6H4Cl2NO3P/c7-13(8)12-6-4-2-1-3-5(6)9(10)11/h1-4H. The summed E-state index contributed by atoms with van der Waals surface area (Å²) >= 11 is 10.7. The van der Waals surface area contributed by atoms with E-state index < -0.39 is 11.8 Å². The van der Waals surface area contributed by atoms with E-state index in [2.05, 4.69) is 0 Å². The van der Waals surface area contributed by atoms with Gasteiger partial charge in [-0.2, -0.15) is 0 Å². The molecular weight excluding hydrogens is 236 g/mol. The zero-order chi connectivity index (χ0) is 9.84. The molecule has 13 heavy (non-hydrogen) atoms. The van der Waals surface area contributed by atoms with Gasteiger partial charge in [0.1, 0.15) is 0 Å². The molecule has 0 saturated heterocycles. The van der Waals surface area contributed by atoms with Gasteiger partial charge in [0.2, 0.25) is 5.75 Å². The average Bonchev–Trinajstić information content (AvgIpc) is 2.03. The van der Waals surface area contributed by atoms with Gasteiger partial charge in [0, 0.05) is 6.07 Å². The van der Waals surface area contributed by atoms with E-state index in [1.807, 2.05) is 0 Å². The van der Waals surface area contributed by atoms with Gasteiger partial charge in [-0.1, -0.05) is 12.1 Å². The van der Waals surface area contributed by atoms with Gasteiger partial charge >= 0.3 is 5.69 Å². The second kappa shape index (κ2) is 4.61. The summed E-state index contributed by atoms with van der Waals surface area (Å²) in [6, 6.07) is 5.91. The largest absolute Gasteiger partial charge is 0.437 e. The highest BCUT2D eigenvalue weighted by atomic mass is 35.9. The number of para-hydroxylation sites is 2. The lowest BCUT2D eigenvalue weighted by molar-refractivity contribution is -0.385. The first kappa shape index (κ1) is 10.5. The van der Waals surface area contributed by atoms with Gasteiger partial charge in [0.15, 0.2) is 0 Å². The minimum absolute atomic E-state index is 0.0867. The van der Waals surface area contributed by atoms with Crippen LogP contribution in [0.2, 0.25) is 0 Å². The van der Waals surface area contributed by atoms with Crippen molar-refractivity contribution in [3.63, 3.8) is 0 Å². The molecule has 0 atom stereocenters. The van der Waals surface area contributed by atoms with Gasteiger partial charge in [-0.3, -0.25) is 10.1 Å². The first-order valence-electron chi connectivity index (χ1n) is 3.14. The van der Waals surface area contributed by atoms with Crippen LogP contribution in [0.3, 0.4) is 0 Å². The second-order valence-electron chi connectivity index (χ2n) is 2.02. The molecule has 0 unspecified atom stereocenters. The molecule has 0 heterocycles. The van der Waals surface area contributed by atoms with Gasteiger partial charge in [0.25, 0.3) is 6.85 Å². The number of nitro benzene ring substituents is 1. The molecule has 7 heteroatoms. The van der Waals surface area contributed by atoms with Crippen LogP contribution in [0.25, 0.3) is 0 Å². The maximum Gasteiger partial charge on any atom is 0.311 e. The Bertz CT molecular complexity index is 321. The lowest BCUT2D eigenvalue weighted by Crippen LogP contribution is -1.90. The first-order chi connectivity index (χ1) is 6.11. The van der Waals surface area contributed by atoms with E-state index in [9.17, 15) is 10.1 Å². The van der Waals surface area contributed by atoms with Gasteiger partial charge < -0.3 is 4.52 Å². The average molecular weight is 240 g/mol. The molecule has 1 aromatic carbocycles. The molecule has 0 aliphatic rings. The highest BCUT2D eigenvalue weighted by Crippen LogP contribution is 2.49. The highest BCUT2D eigenvalue weighted by molar-refractivity contribution is 8.00. The Labute approximate surface area is 85.0 Å². The smallest absolute Gasteiger partial charge is 0.311 e. The number of nitrogens with zero attached hydrogens (tertiary/aromatic N) is 1. The fourth-order valence-electron chi connectivity index (χ4n) is 0.760. The molecule has 0 bridgehead atoms. The van der Waals surface area contributed by atoms with Crippen molar-refractivity contribution in [3.05, 3.63) is 34.4 Å². The van der Waals surface area contributed by atoms with Crippen LogP contribution in [-0.4, -0.2) is 4.92 Å². The van der Waals surface area contributed by atoms with E-state index in [4.69, 9.17) is 27.0 Å². The third-order valence-corrected chi connectivity index (χ3v) is 1.98. The fourth-order valence-corrected chi connectivity index (χ4v) is 1.51. The van der Waals surface area contributed by atoms with Crippen molar-refractivity contribution in [2.24, 2.45) is 0 Å². The number of halogens is 2. The van der Waals surface area contributed by atoms with Crippen LogP contribution >= 0.6 is 29.3 Å². The van der Waals surface area contributed by atoms with E-state index >= 15 is 0 Å². The van der Waals surface area contributed by atoms with Crippen molar-refractivity contribution >= 4 is 35.0 Å². The quantitative estimate of drug-likeness (QED) is 0.460. The molecular formula is C6H4Cl2NO3P. The van der Waals surface area contributed by atoms with Crippen LogP contribution in [0.5, 0.6) is 5.75 Å². The van der Waals surface area contributed by atoms with E-state index in [-0.39, 0.29) is 11.4 Å². The third kappa shape index (κ3) is 2.99. The van der Waals surface area contributed by atoms with E-state index in [1.165, 1.54) is 18.2 Å². The molecule has 4 nitrogen and oxygen atoms in total. The Morgan fingerprint density at radius 2 is 2.00 bits per heavy atom. The number of hydrogen-bond donors (Lipinski definition) is 0. The number of rotatable bonds is 3. The Kier molecular flexibility index (Phi) is 3.72. The van der Waals surface area contributed by atoms with Crippen LogP contribution in [0, 0.1) is 10.1 Å². The Morgan fingerprint density at radius 1 is 1.38 bits per heavy atom. The zero-order valence-electron chi connectivity index (χ0n) is 6.18. The fraction of sp³-hybridized carbons (Fsp3) is 0. The second-order valence-corrected chi connectivity index (χ2v) is 4.97. The number of hydrogen-bond acceptors (Lipinski definition) is 3. The van der Waals surface area contributed by atoms with Crippen LogP contribution in [0.1, 0.15) is 0 Å². The summed E-state index contributed by atoms with van der Waals surface area (Å²) in [5.74, 6) is 0.0867. The molecule has 0 spiro atoms. The summed E-state index contributed by atoms with van der Waals surface area (Å²) in [5, 5.41) is 10.4. The number of nitro groups is 1. The first-order valence-corrected chi connectivity index (χ1v) is 6.21. The van der Waals surface area contributed by atoms with E-state index in [0.717, 1.165) is 0 Å². The SMILES string of the molecule is O=[N+]([O-])c1ccccc1OP(Cl)Cl. The normalized spacial score (nSPS) is 10.1. The molecule has 0 aliphatic carbocycles. The van der Waals surface area contributed by atoms with E-state index in [0.29, 0.717) is 0 Å². The maximum absolute atomic E-state index is 10.4. The molecule has 0 fully saturated rings. The van der Waals surface area contributed by atoms with Gasteiger partial charge in [-0.15, -0.1) is 0 Å². The summed E-state index contributed by atoms with van der Waals surface area (Å²) in [6.07, 6.45) is 0. The Morgan fingerprint density at radius 3 is 2.54 bits per heavy atom. The van der Waals surface area contributed by atoms with Gasteiger partial charge in [0.05, 0.1) is 4.92 Å².